The first kappa shape index (κ1) is 12.7. The monoisotopic (exact) mass is 289 g/mol. The van der Waals surface area contributed by atoms with Crippen molar-refractivity contribution in [1.29, 1.82) is 5.26 Å². The van der Waals surface area contributed by atoms with E-state index in [-0.39, 0.29) is 9.92 Å². The van der Waals surface area contributed by atoms with Crippen molar-refractivity contribution in [3.8, 4) is 6.07 Å². The molecular formula is C11H9Cl2NO2S. The zero-order valence-electron chi connectivity index (χ0n) is 8.78. The molecule has 2 rings (SSSR count). The number of halogens is 2. The lowest BCUT2D eigenvalue weighted by molar-refractivity contribution is 0.406. The molecule has 17 heavy (non-hydrogen) atoms. The first-order valence-electron chi connectivity index (χ1n) is 5.04. The zero-order chi connectivity index (χ0) is 12.7. The summed E-state index contributed by atoms with van der Waals surface area (Å²) in [4.78, 5) is -0.0482. The molecule has 0 heterocycles. The van der Waals surface area contributed by atoms with E-state index in [4.69, 9.17) is 28.5 Å². The summed E-state index contributed by atoms with van der Waals surface area (Å²) >= 11 is 11.6. The number of rotatable bonds is 2. The minimum Gasteiger partial charge on any atom is -0.222 e. The molecule has 1 saturated carbocycles. The standard InChI is InChI=1S/C11H9Cl2NO2S/c12-8-2-3-9(13)10(6-8)17(15,16)11(7-14)4-1-5-11/h2-3,6H,1,4-5H2. The van der Waals surface area contributed by atoms with Gasteiger partial charge in [-0.3, -0.25) is 0 Å². The summed E-state index contributed by atoms with van der Waals surface area (Å²) in [6, 6.07) is 6.16. The van der Waals surface area contributed by atoms with Crippen LogP contribution in [0.4, 0.5) is 0 Å². The maximum absolute atomic E-state index is 12.4. The van der Waals surface area contributed by atoms with Gasteiger partial charge in [0, 0.05) is 5.02 Å². The summed E-state index contributed by atoms with van der Waals surface area (Å²) in [5, 5.41) is 9.49. The van der Waals surface area contributed by atoms with Crippen LogP contribution in [0.1, 0.15) is 19.3 Å². The molecule has 6 heteroatoms. The van der Waals surface area contributed by atoms with Crippen molar-refractivity contribution in [1.82, 2.24) is 0 Å². The lowest BCUT2D eigenvalue weighted by Gasteiger charge is -2.34. The van der Waals surface area contributed by atoms with E-state index in [9.17, 15) is 8.42 Å². The third-order valence-corrected chi connectivity index (χ3v) is 6.18. The Morgan fingerprint density at radius 2 is 1.94 bits per heavy atom. The molecule has 1 aliphatic carbocycles. The first-order chi connectivity index (χ1) is 7.93. The van der Waals surface area contributed by atoms with Crippen molar-refractivity contribution in [2.24, 2.45) is 0 Å². The van der Waals surface area contributed by atoms with E-state index in [1.54, 1.807) is 0 Å². The lowest BCUT2D eigenvalue weighted by atomic mass is 9.86. The second-order valence-corrected chi connectivity index (χ2v) is 7.11. The summed E-state index contributed by atoms with van der Waals surface area (Å²) < 4.78 is 23.4. The fraction of sp³-hybridized carbons (Fsp3) is 0.364. The van der Waals surface area contributed by atoms with Crippen LogP contribution in [-0.2, 0) is 9.84 Å². The van der Waals surface area contributed by atoms with Crippen molar-refractivity contribution < 1.29 is 8.42 Å². The molecule has 0 radical (unpaired) electrons. The highest BCUT2D eigenvalue weighted by atomic mass is 35.5. The predicted octanol–water partition coefficient (Wildman–Crippen LogP) is 3.21. The number of benzene rings is 1. The van der Waals surface area contributed by atoms with Gasteiger partial charge in [-0.15, -0.1) is 0 Å². The largest absolute Gasteiger partial charge is 0.222 e. The van der Waals surface area contributed by atoms with Crippen LogP contribution in [0, 0.1) is 11.3 Å². The van der Waals surface area contributed by atoms with Crippen molar-refractivity contribution >= 4 is 33.0 Å². The van der Waals surface area contributed by atoms with Crippen LogP contribution in [0.25, 0.3) is 0 Å². The summed E-state index contributed by atoms with van der Waals surface area (Å²) in [6.07, 6.45) is 1.45. The first-order valence-corrected chi connectivity index (χ1v) is 7.28. The van der Waals surface area contributed by atoms with Crippen LogP contribution in [0.2, 0.25) is 10.0 Å². The molecule has 1 fully saturated rings. The van der Waals surface area contributed by atoms with Crippen LogP contribution < -0.4 is 0 Å². The molecule has 90 valence electrons. The van der Waals surface area contributed by atoms with Crippen LogP contribution >= 0.6 is 23.2 Å². The number of nitrogens with zero attached hydrogens (tertiary/aromatic N) is 1. The van der Waals surface area contributed by atoms with Crippen molar-refractivity contribution in [3.05, 3.63) is 28.2 Å². The fourth-order valence-electron chi connectivity index (χ4n) is 1.83. The zero-order valence-corrected chi connectivity index (χ0v) is 11.1. The van der Waals surface area contributed by atoms with E-state index >= 15 is 0 Å². The van der Waals surface area contributed by atoms with Crippen LogP contribution in [0.15, 0.2) is 23.1 Å². The molecule has 0 aromatic heterocycles. The minimum absolute atomic E-state index is 0.0482. The van der Waals surface area contributed by atoms with Gasteiger partial charge >= 0.3 is 0 Å². The Labute approximate surface area is 110 Å². The van der Waals surface area contributed by atoms with E-state index in [0.29, 0.717) is 17.9 Å². The Morgan fingerprint density at radius 1 is 1.29 bits per heavy atom. The molecule has 0 bridgehead atoms. The Hall–Kier alpha value is -0.760. The third-order valence-electron chi connectivity index (χ3n) is 3.06. The van der Waals surface area contributed by atoms with E-state index < -0.39 is 14.6 Å². The SMILES string of the molecule is N#CC1(S(=O)(=O)c2cc(Cl)ccc2Cl)CCC1. The van der Waals surface area contributed by atoms with Crippen molar-refractivity contribution in [3.63, 3.8) is 0 Å². The molecular weight excluding hydrogens is 281 g/mol. The molecule has 0 unspecified atom stereocenters. The van der Waals surface area contributed by atoms with Gasteiger partial charge in [0.15, 0.2) is 14.6 Å². The quantitative estimate of drug-likeness (QED) is 0.840. The second kappa shape index (κ2) is 4.16. The highest BCUT2D eigenvalue weighted by Crippen LogP contribution is 2.44. The summed E-state index contributed by atoms with van der Waals surface area (Å²) in [5.74, 6) is 0. The van der Waals surface area contributed by atoms with E-state index in [2.05, 4.69) is 0 Å². The van der Waals surface area contributed by atoms with Crippen LogP contribution in [0.5, 0.6) is 0 Å². The van der Waals surface area contributed by atoms with E-state index in [1.165, 1.54) is 18.2 Å². The number of hydrogen-bond acceptors (Lipinski definition) is 3. The maximum atomic E-state index is 12.4. The number of nitriles is 1. The molecule has 0 aliphatic heterocycles. The fourth-order valence-corrected chi connectivity index (χ4v) is 4.47. The molecule has 0 saturated heterocycles. The van der Waals surface area contributed by atoms with Gasteiger partial charge in [0.25, 0.3) is 0 Å². The van der Waals surface area contributed by atoms with Crippen molar-refractivity contribution in [2.45, 2.75) is 28.9 Å². The summed E-state index contributed by atoms with van der Waals surface area (Å²) in [5.41, 5.74) is 0. The average molecular weight is 290 g/mol. The molecule has 1 aromatic rings. The van der Waals surface area contributed by atoms with E-state index in [1.807, 2.05) is 6.07 Å². The predicted molar refractivity (Wildman–Crippen MR) is 65.8 cm³/mol. The van der Waals surface area contributed by atoms with E-state index in [0.717, 1.165) is 6.42 Å². The highest BCUT2D eigenvalue weighted by molar-refractivity contribution is 7.93. The van der Waals surface area contributed by atoms with Gasteiger partial charge < -0.3 is 0 Å². The topological polar surface area (TPSA) is 57.9 Å². The third kappa shape index (κ3) is 1.83. The number of sulfone groups is 1. The normalized spacial score (nSPS) is 18.2. The number of hydrogen-bond donors (Lipinski definition) is 0. The highest BCUT2D eigenvalue weighted by Gasteiger charge is 2.50. The van der Waals surface area contributed by atoms with Gasteiger partial charge in [0.05, 0.1) is 16.0 Å². The van der Waals surface area contributed by atoms with Gasteiger partial charge in [-0.05, 0) is 37.5 Å². The minimum atomic E-state index is -3.74. The maximum Gasteiger partial charge on any atom is 0.198 e. The lowest BCUT2D eigenvalue weighted by Crippen LogP contribution is -2.43. The molecule has 0 atom stereocenters. The van der Waals surface area contributed by atoms with Gasteiger partial charge in [0.1, 0.15) is 0 Å². The Balaban J connectivity index is 2.60. The average Bonchev–Trinajstić information content (AvgIpc) is 2.20. The van der Waals surface area contributed by atoms with Gasteiger partial charge in [-0.25, -0.2) is 8.42 Å². The van der Waals surface area contributed by atoms with Gasteiger partial charge in [-0.2, -0.15) is 5.26 Å². The second-order valence-electron chi connectivity index (χ2n) is 4.04. The van der Waals surface area contributed by atoms with Gasteiger partial charge in [0.2, 0.25) is 0 Å². The Bertz CT molecular complexity index is 600. The molecule has 1 aromatic carbocycles. The van der Waals surface area contributed by atoms with Gasteiger partial charge in [-0.1, -0.05) is 23.2 Å². The summed E-state index contributed by atoms with van der Waals surface area (Å²) in [6.45, 7) is 0. The smallest absolute Gasteiger partial charge is 0.198 e. The molecule has 0 amide bonds. The summed E-state index contributed by atoms with van der Waals surface area (Å²) in [7, 11) is -3.74. The van der Waals surface area contributed by atoms with Crippen LogP contribution in [0.3, 0.4) is 0 Å². The molecule has 1 aliphatic rings. The molecule has 0 N–H and O–H groups in total. The molecule has 3 nitrogen and oxygen atoms in total. The Morgan fingerprint density at radius 3 is 2.41 bits per heavy atom. The van der Waals surface area contributed by atoms with Crippen molar-refractivity contribution in [2.75, 3.05) is 0 Å². The molecule has 0 spiro atoms. The van der Waals surface area contributed by atoms with Crippen LogP contribution in [-0.4, -0.2) is 13.2 Å². The Kier molecular flexibility index (Phi) is 3.11.